The highest BCUT2D eigenvalue weighted by atomic mass is 16.5. The molecule has 4 N–H and O–H groups in total. The molecule has 0 saturated carbocycles. The van der Waals surface area contributed by atoms with Gasteiger partial charge in [0.1, 0.15) is 31.0 Å². The van der Waals surface area contributed by atoms with Crippen molar-refractivity contribution in [2.75, 3.05) is 6.61 Å². The van der Waals surface area contributed by atoms with Crippen LogP contribution in [0.25, 0.3) is 0 Å². The molecule has 0 aromatic heterocycles. The summed E-state index contributed by atoms with van der Waals surface area (Å²) in [7, 11) is 0. The minimum Gasteiger partial charge on any atom is -0.463 e. The smallest absolute Gasteiger partial charge is 0.305 e. The molecule has 0 aliphatic rings. The van der Waals surface area contributed by atoms with Crippen LogP contribution < -0.4 is 0 Å². The van der Waals surface area contributed by atoms with Gasteiger partial charge in [-0.2, -0.15) is 0 Å². The van der Waals surface area contributed by atoms with Crippen molar-refractivity contribution in [1.29, 1.82) is 0 Å². The molecule has 0 rings (SSSR count). The number of aldehydes is 1. The third-order valence-corrected chi connectivity index (χ3v) is 3.53. The summed E-state index contributed by atoms with van der Waals surface area (Å²) < 4.78 is 11.8. The van der Waals surface area contributed by atoms with Crippen molar-refractivity contribution in [3.05, 3.63) is 0 Å². The highest BCUT2D eigenvalue weighted by molar-refractivity contribution is 5.69. The van der Waals surface area contributed by atoms with Gasteiger partial charge < -0.3 is 30.0 Å². The SMILES string of the molecule is [2H]CCCCCCCCCC(=O)OC[C@@H](O)[C@@H](O)[C@@H](O)[C@@H](O)C=O. The lowest BCUT2D eigenvalue weighted by Gasteiger charge is -2.23. The molecule has 0 radical (unpaired) electrons. The predicted octanol–water partition coefficient (Wildman–Crippen LogP) is 0.313. The van der Waals surface area contributed by atoms with Crippen molar-refractivity contribution in [2.45, 2.75) is 82.7 Å². The van der Waals surface area contributed by atoms with Crippen LogP contribution >= 0.6 is 0 Å². The molecule has 0 aromatic carbocycles. The number of hydrogen-bond acceptors (Lipinski definition) is 7. The zero-order chi connectivity index (χ0) is 18.4. The van der Waals surface area contributed by atoms with E-state index in [4.69, 9.17) is 11.2 Å². The molecule has 0 amide bonds. The second-order valence-electron chi connectivity index (χ2n) is 5.58. The van der Waals surface area contributed by atoms with Gasteiger partial charge in [-0.1, -0.05) is 45.4 Å². The minimum atomic E-state index is -1.84. The number of rotatable bonds is 14. The molecule has 0 unspecified atom stereocenters. The summed E-state index contributed by atoms with van der Waals surface area (Å²) in [6, 6.07) is 0. The summed E-state index contributed by atoms with van der Waals surface area (Å²) in [6.45, 7) is -0.0483. The molecule has 7 heteroatoms. The number of unbranched alkanes of at least 4 members (excludes halogenated alkanes) is 6. The van der Waals surface area contributed by atoms with Gasteiger partial charge in [-0.25, -0.2) is 0 Å². The van der Waals surface area contributed by atoms with Crippen LogP contribution in [0.1, 0.15) is 59.6 Å². The van der Waals surface area contributed by atoms with Gasteiger partial charge in [-0.3, -0.25) is 4.79 Å². The molecule has 7 nitrogen and oxygen atoms in total. The van der Waals surface area contributed by atoms with E-state index in [9.17, 15) is 24.9 Å². The van der Waals surface area contributed by atoms with Gasteiger partial charge >= 0.3 is 5.97 Å². The Morgan fingerprint density at radius 3 is 2.26 bits per heavy atom. The Kier molecular flexibility index (Phi) is 11.7. The highest BCUT2D eigenvalue weighted by Gasteiger charge is 2.30. The lowest BCUT2D eigenvalue weighted by molar-refractivity contribution is -0.156. The molecular formula is C16H30O7. The first-order valence-corrected chi connectivity index (χ1v) is 8.06. The van der Waals surface area contributed by atoms with Gasteiger partial charge in [-0.05, 0) is 6.42 Å². The van der Waals surface area contributed by atoms with E-state index in [1.54, 1.807) is 0 Å². The minimum absolute atomic E-state index is 0.0412. The number of esters is 1. The van der Waals surface area contributed by atoms with Gasteiger partial charge in [0, 0.05) is 7.79 Å². The third kappa shape index (κ3) is 10.4. The Balaban J connectivity index is 3.72. The largest absolute Gasteiger partial charge is 0.463 e. The Labute approximate surface area is 138 Å². The molecule has 0 aliphatic carbocycles. The summed E-state index contributed by atoms with van der Waals surface area (Å²) in [5.41, 5.74) is 0. The summed E-state index contributed by atoms with van der Waals surface area (Å²) in [6.07, 6.45) is -0.0328. The quantitative estimate of drug-likeness (QED) is 0.205. The van der Waals surface area contributed by atoms with Gasteiger partial charge in [-0.15, -0.1) is 0 Å². The second kappa shape index (κ2) is 13.4. The predicted molar refractivity (Wildman–Crippen MR) is 83.7 cm³/mol. The van der Waals surface area contributed by atoms with Gasteiger partial charge in [0.15, 0.2) is 6.29 Å². The number of carbonyl (C=O) groups is 2. The standard InChI is InChI=1S/C16H30O7/c1-2-3-4-5-6-7-8-9-14(20)23-11-13(19)16(22)15(21)12(18)10-17/h10,12-13,15-16,18-19,21-22H,2-9,11H2,1H3/t12-,13+,15-,16+/m0/s1/i1D. The van der Waals surface area contributed by atoms with E-state index in [0.717, 1.165) is 38.5 Å². The number of aliphatic hydroxyl groups excluding tert-OH is 4. The van der Waals surface area contributed by atoms with Crippen molar-refractivity contribution in [3.8, 4) is 0 Å². The van der Waals surface area contributed by atoms with E-state index in [1.807, 2.05) is 0 Å². The van der Waals surface area contributed by atoms with Crippen molar-refractivity contribution >= 4 is 12.3 Å². The lowest BCUT2D eigenvalue weighted by Crippen LogP contribution is -2.46. The molecule has 0 spiro atoms. The van der Waals surface area contributed by atoms with E-state index in [0.29, 0.717) is 13.3 Å². The van der Waals surface area contributed by atoms with Crippen molar-refractivity contribution in [1.82, 2.24) is 0 Å². The van der Waals surface area contributed by atoms with Crippen LogP contribution in [0.15, 0.2) is 0 Å². The number of hydrogen-bond donors (Lipinski definition) is 4. The molecular weight excluding hydrogens is 304 g/mol. The third-order valence-electron chi connectivity index (χ3n) is 3.53. The molecule has 0 fully saturated rings. The summed E-state index contributed by atoms with van der Waals surface area (Å²) in [4.78, 5) is 21.8. The number of aliphatic hydroxyl groups is 4. The van der Waals surface area contributed by atoms with Crippen LogP contribution in [0.5, 0.6) is 0 Å². The average molecular weight is 335 g/mol. The molecule has 136 valence electrons. The molecule has 0 bridgehead atoms. The van der Waals surface area contributed by atoms with E-state index in [2.05, 4.69) is 0 Å². The van der Waals surface area contributed by atoms with Crippen molar-refractivity contribution < 1.29 is 36.1 Å². The molecule has 0 aromatic rings. The fraction of sp³-hybridized carbons (Fsp3) is 0.875. The van der Waals surface area contributed by atoms with Crippen molar-refractivity contribution in [3.63, 3.8) is 0 Å². The fourth-order valence-electron chi connectivity index (χ4n) is 2.01. The summed E-state index contributed by atoms with van der Waals surface area (Å²) in [5.74, 6) is -0.513. The van der Waals surface area contributed by atoms with Gasteiger partial charge in [0.05, 0.1) is 0 Å². The monoisotopic (exact) mass is 335 g/mol. The van der Waals surface area contributed by atoms with E-state index >= 15 is 0 Å². The van der Waals surface area contributed by atoms with E-state index < -0.39 is 37.0 Å². The Morgan fingerprint density at radius 1 is 1.04 bits per heavy atom. The molecule has 0 aliphatic heterocycles. The second-order valence-corrected chi connectivity index (χ2v) is 5.58. The summed E-state index contributed by atoms with van der Waals surface area (Å²) >= 11 is 0. The van der Waals surface area contributed by atoms with E-state index in [-0.39, 0.29) is 12.7 Å². The van der Waals surface area contributed by atoms with Crippen LogP contribution in [0, 0.1) is 0 Å². The van der Waals surface area contributed by atoms with Gasteiger partial charge in [0.25, 0.3) is 0 Å². The fourth-order valence-corrected chi connectivity index (χ4v) is 2.01. The van der Waals surface area contributed by atoms with Gasteiger partial charge in [0.2, 0.25) is 0 Å². The maximum absolute atomic E-state index is 11.5. The first-order valence-electron chi connectivity index (χ1n) is 8.77. The van der Waals surface area contributed by atoms with Crippen LogP contribution in [0.2, 0.25) is 0 Å². The van der Waals surface area contributed by atoms with Crippen LogP contribution in [-0.2, 0) is 14.3 Å². The normalized spacial score (nSPS) is 17.0. The highest BCUT2D eigenvalue weighted by Crippen LogP contribution is 2.09. The molecule has 23 heavy (non-hydrogen) atoms. The Morgan fingerprint density at radius 2 is 1.65 bits per heavy atom. The number of carbonyl (C=O) groups excluding carboxylic acids is 2. The summed E-state index contributed by atoms with van der Waals surface area (Å²) in [5, 5.41) is 37.5. The molecule has 0 heterocycles. The van der Waals surface area contributed by atoms with Crippen molar-refractivity contribution in [2.24, 2.45) is 0 Å². The first-order chi connectivity index (χ1) is 11.4. The average Bonchev–Trinajstić information content (AvgIpc) is 2.59. The van der Waals surface area contributed by atoms with Crippen LogP contribution in [-0.4, -0.2) is 63.7 Å². The maximum atomic E-state index is 11.5. The molecule has 4 atom stereocenters. The zero-order valence-electron chi connectivity index (χ0n) is 14.5. The maximum Gasteiger partial charge on any atom is 0.305 e. The Hall–Kier alpha value is -1.02. The molecule has 0 saturated heterocycles. The zero-order valence-corrected chi connectivity index (χ0v) is 13.5. The lowest BCUT2D eigenvalue weighted by atomic mass is 10.0. The van der Waals surface area contributed by atoms with Crippen LogP contribution in [0.3, 0.4) is 0 Å². The van der Waals surface area contributed by atoms with Crippen LogP contribution in [0.4, 0.5) is 0 Å². The number of ether oxygens (including phenoxy) is 1. The first kappa shape index (κ1) is 20.0. The van der Waals surface area contributed by atoms with E-state index in [1.165, 1.54) is 0 Å². The Bertz CT molecular complexity index is 340. The topological polar surface area (TPSA) is 124 Å².